The van der Waals surface area contributed by atoms with Crippen LogP contribution in [0.15, 0.2) is 0 Å². The molecule has 62 valence electrons. The summed E-state index contributed by atoms with van der Waals surface area (Å²) in [4.78, 5) is 10.4. The summed E-state index contributed by atoms with van der Waals surface area (Å²) in [5, 5.41) is 18.3. The highest BCUT2D eigenvalue weighted by Crippen LogP contribution is 2.52. The smallest absolute Gasteiger partial charge is 0.306 e. The highest BCUT2D eigenvalue weighted by atomic mass is 16.4. The zero-order valence-electron chi connectivity index (χ0n) is 6.29. The van der Waals surface area contributed by atoms with Crippen LogP contribution >= 0.6 is 0 Å². The quantitative estimate of drug-likeness (QED) is 0.616. The number of carboxylic acid groups (broad SMARTS) is 1. The molecular weight excluding hydrogens is 144 g/mol. The minimum atomic E-state index is -0.754. The number of hydrogen-bond acceptors (Lipinski definition) is 2. The van der Waals surface area contributed by atoms with Gasteiger partial charge in [-0.1, -0.05) is 0 Å². The summed E-state index contributed by atoms with van der Waals surface area (Å²) in [7, 11) is 0. The van der Waals surface area contributed by atoms with Crippen LogP contribution in [0.1, 0.15) is 25.7 Å². The van der Waals surface area contributed by atoms with Gasteiger partial charge < -0.3 is 10.2 Å². The van der Waals surface area contributed by atoms with Crippen LogP contribution in [0, 0.1) is 11.8 Å². The molecule has 2 aliphatic rings. The van der Waals surface area contributed by atoms with Crippen LogP contribution in [0.5, 0.6) is 0 Å². The van der Waals surface area contributed by atoms with Crippen LogP contribution in [0.3, 0.4) is 0 Å². The molecule has 0 aromatic carbocycles. The van der Waals surface area contributed by atoms with E-state index in [0.717, 1.165) is 12.8 Å². The SMILES string of the molecule is O=C(O)C1CC(O)(C2CC2)C1. The van der Waals surface area contributed by atoms with Gasteiger partial charge in [-0.15, -0.1) is 0 Å². The fourth-order valence-electron chi connectivity index (χ4n) is 1.92. The highest BCUT2D eigenvalue weighted by Gasteiger charge is 2.54. The van der Waals surface area contributed by atoms with Crippen molar-refractivity contribution < 1.29 is 15.0 Å². The van der Waals surface area contributed by atoms with Crippen molar-refractivity contribution >= 4 is 5.97 Å². The lowest BCUT2D eigenvalue weighted by Crippen LogP contribution is -2.48. The Hall–Kier alpha value is -0.570. The zero-order chi connectivity index (χ0) is 8.06. The Morgan fingerprint density at radius 2 is 1.91 bits per heavy atom. The monoisotopic (exact) mass is 156 g/mol. The van der Waals surface area contributed by atoms with E-state index in [9.17, 15) is 9.90 Å². The molecule has 0 heterocycles. The fraction of sp³-hybridized carbons (Fsp3) is 0.875. The lowest BCUT2D eigenvalue weighted by atomic mass is 9.68. The van der Waals surface area contributed by atoms with Crippen molar-refractivity contribution in [3.8, 4) is 0 Å². The Bertz CT molecular complexity index is 190. The van der Waals surface area contributed by atoms with Gasteiger partial charge in [-0.2, -0.15) is 0 Å². The number of carboxylic acids is 1. The average molecular weight is 156 g/mol. The molecule has 0 bridgehead atoms. The summed E-state index contributed by atoms with van der Waals surface area (Å²) < 4.78 is 0. The third-order valence-corrected chi connectivity index (χ3v) is 2.89. The Labute approximate surface area is 65.0 Å². The second kappa shape index (κ2) is 1.97. The molecule has 0 amide bonds. The van der Waals surface area contributed by atoms with E-state index in [1.54, 1.807) is 0 Å². The van der Waals surface area contributed by atoms with Gasteiger partial charge in [0, 0.05) is 0 Å². The standard InChI is InChI=1S/C8H12O3/c9-7(10)5-3-8(11,4-5)6-1-2-6/h5-6,11H,1-4H2,(H,9,10). The Morgan fingerprint density at radius 1 is 1.36 bits per heavy atom. The van der Waals surface area contributed by atoms with Gasteiger partial charge in [-0.25, -0.2) is 0 Å². The van der Waals surface area contributed by atoms with Crippen LogP contribution in [-0.4, -0.2) is 21.8 Å². The highest BCUT2D eigenvalue weighted by molar-refractivity contribution is 5.71. The number of aliphatic hydroxyl groups is 1. The van der Waals surface area contributed by atoms with Crippen LogP contribution in [-0.2, 0) is 4.79 Å². The van der Waals surface area contributed by atoms with E-state index in [4.69, 9.17) is 5.11 Å². The van der Waals surface area contributed by atoms with E-state index in [1.807, 2.05) is 0 Å². The Kier molecular flexibility index (Phi) is 1.27. The molecule has 0 atom stereocenters. The Morgan fingerprint density at radius 3 is 2.27 bits per heavy atom. The molecule has 0 unspecified atom stereocenters. The van der Waals surface area contributed by atoms with Crippen molar-refractivity contribution in [1.82, 2.24) is 0 Å². The van der Waals surface area contributed by atoms with Gasteiger partial charge in [0.15, 0.2) is 0 Å². The van der Waals surface area contributed by atoms with Gasteiger partial charge in [-0.3, -0.25) is 4.79 Å². The fourth-order valence-corrected chi connectivity index (χ4v) is 1.92. The maximum atomic E-state index is 10.4. The second-order valence-electron chi connectivity index (χ2n) is 3.82. The van der Waals surface area contributed by atoms with Crippen LogP contribution < -0.4 is 0 Å². The molecular formula is C8H12O3. The normalized spacial score (nSPS) is 43.2. The van der Waals surface area contributed by atoms with E-state index in [0.29, 0.717) is 18.8 Å². The predicted octanol–water partition coefficient (Wildman–Crippen LogP) is 0.622. The van der Waals surface area contributed by atoms with Gasteiger partial charge in [-0.05, 0) is 31.6 Å². The first-order valence-corrected chi connectivity index (χ1v) is 4.07. The van der Waals surface area contributed by atoms with Crippen molar-refractivity contribution in [2.24, 2.45) is 11.8 Å². The molecule has 2 fully saturated rings. The summed E-state index contributed by atoms with van der Waals surface area (Å²) in [5.41, 5.74) is -0.594. The first kappa shape index (κ1) is 7.10. The van der Waals surface area contributed by atoms with Gasteiger partial charge in [0.05, 0.1) is 11.5 Å². The second-order valence-corrected chi connectivity index (χ2v) is 3.82. The maximum absolute atomic E-state index is 10.4. The van der Waals surface area contributed by atoms with E-state index in [1.165, 1.54) is 0 Å². The first-order valence-electron chi connectivity index (χ1n) is 4.07. The van der Waals surface area contributed by atoms with Crippen LogP contribution in [0.25, 0.3) is 0 Å². The summed E-state index contributed by atoms with van der Waals surface area (Å²) >= 11 is 0. The molecule has 2 N–H and O–H groups in total. The summed E-state index contributed by atoms with van der Waals surface area (Å²) in [5.74, 6) is -0.617. The van der Waals surface area contributed by atoms with Crippen molar-refractivity contribution in [2.75, 3.05) is 0 Å². The van der Waals surface area contributed by atoms with Crippen LogP contribution in [0.4, 0.5) is 0 Å². The summed E-state index contributed by atoms with van der Waals surface area (Å²) in [6, 6.07) is 0. The third kappa shape index (κ3) is 1.03. The lowest BCUT2D eigenvalue weighted by molar-refractivity contribution is -0.160. The topological polar surface area (TPSA) is 57.5 Å². The molecule has 0 aromatic rings. The maximum Gasteiger partial charge on any atom is 0.306 e. The van der Waals surface area contributed by atoms with Gasteiger partial charge in [0.2, 0.25) is 0 Å². The molecule has 2 saturated carbocycles. The van der Waals surface area contributed by atoms with E-state index < -0.39 is 11.6 Å². The molecule has 3 heteroatoms. The van der Waals surface area contributed by atoms with Crippen molar-refractivity contribution in [2.45, 2.75) is 31.3 Å². The minimum Gasteiger partial charge on any atom is -0.481 e. The predicted molar refractivity (Wildman–Crippen MR) is 38.0 cm³/mol. The molecule has 0 saturated heterocycles. The number of aliphatic carboxylic acids is 1. The van der Waals surface area contributed by atoms with E-state index in [2.05, 4.69) is 0 Å². The first-order chi connectivity index (χ1) is 5.12. The van der Waals surface area contributed by atoms with Gasteiger partial charge in [0.25, 0.3) is 0 Å². The van der Waals surface area contributed by atoms with Crippen molar-refractivity contribution in [1.29, 1.82) is 0 Å². The number of rotatable bonds is 2. The molecule has 2 rings (SSSR count). The summed E-state index contributed by atoms with van der Waals surface area (Å²) in [6.07, 6.45) is 3.13. The zero-order valence-corrected chi connectivity index (χ0v) is 6.29. The molecule has 2 aliphatic carbocycles. The molecule has 0 radical (unpaired) electrons. The van der Waals surface area contributed by atoms with Gasteiger partial charge >= 0.3 is 5.97 Å². The largest absolute Gasteiger partial charge is 0.481 e. The molecule has 0 spiro atoms. The molecule has 0 aliphatic heterocycles. The van der Waals surface area contributed by atoms with Gasteiger partial charge in [0.1, 0.15) is 0 Å². The van der Waals surface area contributed by atoms with Crippen LogP contribution in [0.2, 0.25) is 0 Å². The molecule has 11 heavy (non-hydrogen) atoms. The molecule has 3 nitrogen and oxygen atoms in total. The third-order valence-electron chi connectivity index (χ3n) is 2.89. The van der Waals surface area contributed by atoms with E-state index in [-0.39, 0.29) is 5.92 Å². The Balaban J connectivity index is 1.90. The van der Waals surface area contributed by atoms with Crippen molar-refractivity contribution in [3.63, 3.8) is 0 Å². The lowest BCUT2D eigenvalue weighted by Gasteiger charge is -2.41. The number of hydrogen-bond donors (Lipinski definition) is 2. The summed E-state index contributed by atoms with van der Waals surface area (Å²) in [6.45, 7) is 0. The minimum absolute atomic E-state index is 0.277. The average Bonchev–Trinajstić information content (AvgIpc) is 2.60. The van der Waals surface area contributed by atoms with E-state index >= 15 is 0 Å². The van der Waals surface area contributed by atoms with Crippen molar-refractivity contribution in [3.05, 3.63) is 0 Å². The number of carbonyl (C=O) groups is 1. The molecule has 0 aromatic heterocycles.